The van der Waals surface area contributed by atoms with Crippen molar-refractivity contribution in [3.8, 4) is 0 Å². The third-order valence-corrected chi connectivity index (χ3v) is 3.18. The number of aliphatic hydroxyl groups is 1. The van der Waals surface area contributed by atoms with Crippen molar-refractivity contribution in [3.63, 3.8) is 0 Å². The Hall–Kier alpha value is -2.33. The van der Waals surface area contributed by atoms with Crippen LogP contribution in [0.2, 0.25) is 0 Å². The molecule has 3 rings (SSSR count). The fourth-order valence-electron chi connectivity index (χ4n) is 2.13. The lowest BCUT2D eigenvalue weighted by molar-refractivity contribution is 0.209. The lowest BCUT2D eigenvalue weighted by Gasteiger charge is -2.12. The van der Waals surface area contributed by atoms with Crippen LogP contribution in [0.25, 0.3) is 10.9 Å². The maximum Gasteiger partial charge on any atom is 0.165 e. The fraction of sp³-hybridized carbons (Fsp3) is 0.0625. The highest BCUT2D eigenvalue weighted by Gasteiger charge is 2.18. The van der Waals surface area contributed by atoms with Gasteiger partial charge in [0.05, 0.1) is 11.2 Å². The van der Waals surface area contributed by atoms with Crippen molar-refractivity contribution in [2.75, 3.05) is 0 Å². The lowest BCUT2D eigenvalue weighted by Crippen LogP contribution is -2.06. The third-order valence-electron chi connectivity index (χ3n) is 3.18. The zero-order valence-electron chi connectivity index (χ0n) is 10.4. The van der Waals surface area contributed by atoms with Crippen molar-refractivity contribution in [1.29, 1.82) is 0 Å². The van der Waals surface area contributed by atoms with Crippen LogP contribution in [0.3, 0.4) is 0 Å². The van der Waals surface area contributed by atoms with Gasteiger partial charge in [0, 0.05) is 10.9 Å². The smallest absolute Gasteiger partial charge is 0.165 e. The monoisotopic (exact) mass is 271 g/mol. The Balaban J connectivity index is 2.08. The van der Waals surface area contributed by atoms with Crippen LogP contribution in [0.15, 0.2) is 54.6 Å². The van der Waals surface area contributed by atoms with Crippen LogP contribution in [0.4, 0.5) is 8.78 Å². The van der Waals surface area contributed by atoms with Gasteiger partial charge in [-0.25, -0.2) is 13.8 Å². The van der Waals surface area contributed by atoms with Crippen molar-refractivity contribution in [2.45, 2.75) is 6.10 Å². The summed E-state index contributed by atoms with van der Waals surface area (Å²) in [5, 5.41) is 11.1. The number of halogens is 2. The summed E-state index contributed by atoms with van der Waals surface area (Å²) in [6.07, 6.45) is -1.30. The molecule has 0 saturated carbocycles. The molecule has 3 aromatic rings. The Labute approximate surface area is 114 Å². The third kappa shape index (κ3) is 2.14. The molecule has 1 N–H and O–H groups in total. The largest absolute Gasteiger partial charge is 0.382 e. The van der Waals surface area contributed by atoms with Gasteiger partial charge in [-0.15, -0.1) is 0 Å². The van der Waals surface area contributed by atoms with Crippen LogP contribution in [0, 0.1) is 11.6 Å². The highest BCUT2D eigenvalue weighted by molar-refractivity contribution is 5.78. The van der Waals surface area contributed by atoms with E-state index in [4.69, 9.17) is 0 Å². The molecule has 100 valence electrons. The second-order valence-electron chi connectivity index (χ2n) is 4.47. The van der Waals surface area contributed by atoms with E-state index in [2.05, 4.69) is 4.98 Å². The molecule has 1 aromatic heterocycles. The van der Waals surface area contributed by atoms with Gasteiger partial charge in [0.2, 0.25) is 0 Å². The minimum Gasteiger partial charge on any atom is -0.382 e. The van der Waals surface area contributed by atoms with Crippen LogP contribution in [-0.2, 0) is 0 Å². The first-order valence-electron chi connectivity index (χ1n) is 6.14. The van der Waals surface area contributed by atoms with E-state index >= 15 is 0 Å². The van der Waals surface area contributed by atoms with E-state index in [1.54, 1.807) is 18.2 Å². The average Bonchev–Trinajstić information content (AvgIpc) is 2.49. The molecule has 0 aliphatic rings. The van der Waals surface area contributed by atoms with E-state index in [9.17, 15) is 13.9 Å². The van der Waals surface area contributed by atoms with Crippen LogP contribution in [-0.4, -0.2) is 10.1 Å². The van der Waals surface area contributed by atoms with E-state index in [1.807, 2.05) is 18.2 Å². The van der Waals surface area contributed by atoms with Crippen LogP contribution in [0.5, 0.6) is 0 Å². The minimum atomic E-state index is -1.30. The Morgan fingerprint density at radius 2 is 1.70 bits per heavy atom. The highest BCUT2D eigenvalue weighted by atomic mass is 19.2. The highest BCUT2D eigenvalue weighted by Crippen LogP contribution is 2.25. The number of benzene rings is 2. The molecule has 2 aromatic carbocycles. The predicted molar refractivity (Wildman–Crippen MR) is 72.2 cm³/mol. The average molecular weight is 271 g/mol. The van der Waals surface area contributed by atoms with Crippen molar-refractivity contribution >= 4 is 10.9 Å². The zero-order valence-corrected chi connectivity index (χ0v) is 10.4. The zero-order chi connectivity index (χ0) is 14.1. The molecule has 0 fully saturated rings. The summed E-state index contributed by atoms with van der Waals surface area (Å²) in [6.45, 7) is 0. The van der Waals surface area contributed by atoms with Gasteiger partial charge in [-0.05, 0) is 18.2 Å². The Morgan fingerprint density at radius 1 is 0.900 bits per heavy atom. The maximum absolute atomic E-state index is 13.7. The maximum atomic E-state index is 13.7. The molecule has 0 radical (unpaired) electrons. The molecule has 0 saturated heterocycles. The molecule has 0 bridgehead atoms. The summed E-state index contributed by atoms with van der Waals surface area (Å²) in [5.41, 5.74) is 0.863. The van der Waals surface area contributed by atoms with E-state index in [-0.39, 0.29) is 11.3 Å². The first kappa shape index (κ1) is 12.7. The van der Waals surface area contributed by atoms with Gasteiger partial charge < -0.3 is 5.11 Å². The van der Waals surface area contributed by atoms with E-state index < -0.39 is 17.7 Å². The number of pyridine rings is 1. The fourth-order valence-corrected chi connectivity index (χ4v) is 2.13. The Kier molecular flexibility index (Phi) is 3.16. The van der Waals surface area contributed by atoms with Crippen molar-refractivity contribution in [1.82, 2.24) is 4.98 Å². The molecular weight excluding hydrogens is 260 g/mol. The molecule has 0 amide bonds. The molecule has 2 nitrogen and oxygen atoms in total. The van der Waals surface area contributed by atoms with Gasteiger partial charge >= 0.3 is 0 Å². The number of rotatable bonds is 2. The molecule has 20 heavy (non-hydrogen) atoms. The number of hydrogen-bond acceptors (Lipinski definition) is 2. The first-order chi connectivity index (χ1) is 9.66. The normalized spacial score (nSPS) is 12.6. The molecule has 1 heterocycles. The number of nitrogens with zero attached hydrogens (tertiary/aromatic N) is 1. The SMILES string of the molecule is OC(c1ccc2ccccc2n1)c1cccc(F)c1F. The number of aliphatic hydroxyl groups excluding tert-OH is 1. The number of hydrogen-bond donors (Lipinski definition) is 1. The van der Waals surface area contributed by atoms with Crippen molar-refractivity contribution < 1.29 is 13.9 Å². The van der Waals surface area contributed by atoms with Gasteiger partial charge in [0.15, 0.2) is 11.6 Å². The minimum absolute atomic E-state index is 0.118. The number of para-hydroxylation sites is 1. The number of aromatic nitrogens is 1. The van der Waals surface area contributed by atoms with Gasteiger partial charge in [0.25, 0.3) is 0 Å². The summed E-state index contributed by atoms with van der Waals surface area (Å²) >= 11 is 0. The molecule has 1 atom stereocenters. The topological polar surface area (TPSA) is 33.1 Å². The summed E-state index contributed by atoms with van der Waals surface area (Å²) in [6, 6.07) is 14.5. The van der Waals surface area contributed by atoms with E-state index in [0.717, 1.165) is 11.5 Å². The second-order valence-corrected chi connectivity index (χ2v) is 4.47. The van der Waals surface area contributed by atoms with E-state index in [0.29, 0.717) is 5.52 Å². The summed E-state index contributed by atoms with van der Waals surface area (Å²) in [4.78, 5) is 4.28. The summed E-state index contributed by atoms with van der Waals surface area (Å²) in [7, 11) is 0. The van der Waals surface area contributed by atoms with Gasteiger partial charge in [-0.2, -0.15) is 0 Å². The molecular formula is C16H11F2NO. The van der Waals surface area contributed by atoms with Gasteiger partial charge in [0.1, 0.15) is 6.10 Å². The molecule has 0 aliphatic heterocycles. The first-order valence-corrected chi connectivity index (χ1v) is 6.14. The molecule has 4 heteroatoms. The Bertz CT molecular complexity index is 773. The van der Waals surface area contributed by atoms with Crippen LogP contribution >= 0.6 is 0 Å². The van der Waals surface area contributed by atoms with E-state index in [1.165, 1.54) is 12.1 Å². The standard InChI is InChI=1S/C16H11F2NO/c17-12-6-3-5-11(15(12)18)16(20)14-9-8-10-4-1-2-7-13(10)19-14/h1-9,16,20H. The van der Waals surface area contributed by atoms with Gasteiger partial charge in [-0.1, -0.05) is 36.4 Å². The molecule has 0 aliphatic carbocycles. The quantitative estimate of drug-likeness (QED) is 0.772. The number of fused-ring (bicyclic) bond motifs is 1. The molecule has 1 unspecified atom stereocenters. The molecule has 0 spiro atoms. The lowest BCUT2D eigenvalue weighted by atomic mass is 10.0. The summed E-state index contributed by atoms with van der Waals surface area (Å²) < 4.78 is 26.9. The predicted octanol–water partition coefficient (Wildman–Crippen LogP) is 3.59. The van der Waals surface area contributed by atoms with Crippen molar-refractivity contribution in [3.05, 3.63) is 77.5 Å². The van der Waals surface area contributed by atoms with Crippen LogP contribution < -0.4 is 0 Å². The van der Waals surface area contributed by atoms with Crippen molar-refractivity contribution in [2.24, 2.45) is 0 Å². The summed E-state index contributed by atoms with van der Waals surface area (Å²) in [5.74, 6) is -2.03. The van der Waals surface area contributed by atoms with Gasteiger partial charge in [-0.3, -0.25) is 0 Å². The Morgan fingerprint density at radius 3 is 2.55 bits per heavy atom. The van der Waals surface area contributed by atoms with Crippen LogP contribution in [0.1, 0.15) is 17.4 Å². The second kappa shape index (κ2) is 4.98.